The van der Waals surface area contributed by atoms with Gasteiger partial charge in [-0.1, -0.05) is 20.3 Å². The zero-order chi connectivity index (χ0) is 25.0. The summed E-state index contributed by atoms with van der Waals surface area (Å²) < 4.78 is 0. The number of amides is 3. The Labute approximate surface area is 193 Å². The van der Waals surface area contributed by atoms with E-state index in [1.807, 2.05) is 6.92 Å². The fraction of sp³-hybridized carbons (Fsp3) is 0.667. The van der Waals surface area contributed by atoms with Gasteiger partial charge >= 0.3 is 5.97 Å². The summed E-state index contributed by atoms with van der Waals surface area (Å²) in [5.74, 6) is -3.17. The van der Waals surface area contributed by atoms with Crippen molar-refractivity contribution in [1.29, 1.82) is 0 Å². The molecule has 0 aliphatic rings. The highest BCUT2D eigenvalue weighted by Crippen LogP contribution is 2.10. The number of aliphatic carboxylic acids is 1. The van der Waals surface area contributed by atoms with Crippen LogP contribution in [0.2, 0.25) is 0 Å². The van der Waals surface area contributed by atoms with Crippen molar-refractivity contribution in [2.45, 2.75) is 77.0 Å². The molecule has 3 amide bonds. The molecule has 12 heteroatoms. The molecule has 0 spiro atoms. The van der Waals surface area contributed by atoms with Crippen molar-refractivity contribution in [2.75, 3.05) is 6.54 Å². The number of carboxylic acid groups (broad SMARTS) is 1. The number of H-pyrrole nitrogens is 1. The normalized spacial score (nSPS) is 15.5. The summed E-state index contributed by atoms with van der Waals surface area (Å²) in [5.41, 5.74) is 11.8. The molecule has 0 aliphatic heterocycles. The lowest BCUT2D eigenvalue weighted by atomic mass is 9.98. The standard InChI is InChI=1S/C21H37N7O5/c1-4-12(2)17(21(32)33)28-19(30)15(7-5-6-8-22)26-20(31)16(27-18(29)13(3)23)9-14-10-24-11-25-14/h10-13,15-17H,4-9,22-23H2,1-3H3,(H,24,25)(H,26,31)(H,27,29)(H,28,30)(H,32,33). The average Bonchev–Trinajstić information content (AvgIpc) is 3.28. The van der Waals surface area contributed by atoms with Gasteiger partial charge in [0.1, 0.15) is 18.1 Å². The molecule has 0 saturated heterocycles. The van der Waals surface area contributed by atoms with Crippen LogP contribution in [0.3, 0.4) is 0 Å². The fourth-order valence-electron chi connectivity index (χ4n) is 3.10. The van der Waals surface area contributed by atoms with Crippen LogP contribution < -0.4 is 27.4 Å². The second kappa shape index (κ2) is 14.2. The van der Waals surface area contributed by atoms with E-state index >= 15 is 0 Å². The van der Waals surface area contributed by atoms with Crippen LogP contribution in [-0.2, 0) is 25.6 Å². The second-order valence-corrected chi connectivity index (χ2v) is 8.19. The average molecular weight is 468 g/mol. The lowest BCUT2D eigenvalue weighted by Gasteiger charge is -2.26. The summed E-state index contributed by atoms with van der Waals surface area (Å²) in [6.45, 7) is 5.46. The van der Waals surface area contributed by atoms with Crippen LogP contribution in [-0.4, -0.2) is 69.5 Å². The number of imidazole rings is 1. The number of aromatic nitrogens is 2. The van der Waals surface area contributed by atoms with E-state index in [1.165, 1.54) is 19.4 Å². The Morgan fingerprint density at radius 2 is 1.70 bits per heavy atom. The predicted molar refractivity (Wildman–Crippen MR) is 122 cm³/mol. The van der Waals surface area contributed by atoms with Crippen molar-refractivity contribution in [2.24, 2.45) is 17.4 Å². The van der Waals surface area contributed by atoms with Gasteiger partial charge in [-0.2, -0.15) is 0 Å². The lowest BCUT2D eigenvalue weighted by molar-refractivity contribution is -0.144. The van der Waals surface area contributed by atoms with E-state index in [0.29, 0.717) is 31.5 Å². The smallest absolute Gasteiger partial charge is 0.326 e. The maximum atomic E-state index is 13.1. The highest BCUT2D eigenvalue weighted by molar-refractivity contribution is 5.94. The fourth-order valence-corrected chi connectivity index (χ4v) is 3.10. The number of nitrogens with one attached hydrogen (secondary N) is 4. The molecule has 0 radical (unpaired) electrons. The molecule has 186 valence electrons. The Bertz CT molecular complexity index is 769. The lowest BCUT2D eigenvalue weighted by Crippen LogP contribution is -2.58. The van der Waals surface area contributed by atoms with Crippen LogP contribution >= 0.6 is 0 Å². The molecule has 5 unspecified atom stereocenters. The third kappa shape index (κ3) is 9.58. The van der Waals surface area contributed by atoms with Gasteiger partial charge in [-0.05, 0) is 38.6 Å². The van der Waals surface area contributed by atoms with Gasteiger partial charge < -0.3 is 37.5 Å². The SMILES string of the molecule is CCC(C)C(NC(=O)C(CCCCN)NC(=O)C(Cc1cnc[nH]1)NC(=O)C(C)N)C(=O)O. The number of carbonyl (C=O) groups excluding carboxylic acids is 3. The number of carboxylic acids is 1. The topological polar surface area (TPSA) is 205 Å². The van der Waals surface area contributed by atoms with E-state index in [1.54, 1.807) is 6.92 Å². The Kier molecular flexibility index (Phi) is 12.1. The van der Waals surface area contributed by atoms with Crippen LogP contribution in [0.4, 0.5) is 0 Å². The first-order chi connectivity index (χ1) is 15.6. The van der Waals surface area contributed by atoms with Crippen LogP contribution in [0.1, 0.15) is 52.1 Å². The van der Waals surface area contributed by atoms with Crippen molar-refractivity contribution < 1.29 is 24.3 Å². The summed E-state index contributed by atoms with van der Waals surface area (Å²) in [5, 5.41) is 17.3. The minimum absolute atomic E-state index is 0.103. The maximum absolute atomic E-state index is 13.1. The highest BCUT2D eigenvalue weighted by atomic mass is 16.4. The Morgan fingerprint density at radius 3 is 2.21 bits per heavy atom. The molecule has 33 heavy (non-hydrogen) atoms. The Morgan fingerprint density at radius 1 is 1.06 bits per heavy atom. The van der Waals surface area contributed by atoms with Gasteiger partial charge in [-0.3, -0.25) is 14.4 Å². The number of nitrogens with two attached hydrogens (primary N) is 2. The van der Waals surface area contributed by atoms with Gasteiger partial charge in [0.05, 0.1) is 12.4 Å². The molecule has 0 fully saturated rings. The molecule has 9 N–H and O–H groups in total. The third-order valence-corrected chi connectivity index (χ3v) is 5.38. The molecule has 12 nitrogen and oxygen atoms in total. The zero-order valence-electron chi connectivity index (χ0n) is 19.5. The van der Waals surface area contributed by atoms with Crippen LogP contribution in [0.15, 0.2) is 12.5 Å². The number of aromatic amines is 1. The number of unbranched alkanes of at least 4 members (excludes halogenated alkanes) is 1. The van der Waals surface area contributed by atoms with E-state index < -0.39 is 47.9 Å². The van der Waals surface area contributed by atoms with Crippen LogP contribution in [0.5, 0.6) is 0 Å². The number of nitrogens with zero attached hydrogens (tertiary/aromatic N) is 1. The molecule has 1 heterocycles. The van der Waals surface area contributed by atoms with Gasteiger partial charge in [-0.25, -0.2) is 9.78 Å². The van der Waals surface area contributed by atoms with E-state index in [2.05, 4.69) is 25.9 Å². The quantitative estimate of drug-likeness (QED) is 0.159. The van der Waals surface area contributed by atoms with E-state index in [4.69, 9.17) is 11.5 Å². The summed E-state index contributed by atoms with van der Waals surface area (Å²) in [6, 6.07) is -3.93. The third-order valence-electron chi connectivity index (χ3n) is 5.38. The largest absolute Gasteiger partial charge is 0.480 e. The van der Waals surface area contributed by atoms with Crippen molar-refractivity contribution >= 4 is 23.7 Å². The van der Waals surface area contributed by atoms with Crippen molar-refractivity contribution in [3.8, 4) is 0 Å². The van der Waals surface area contributed by atoms with Gasteiger partial charge in [0, 0.05) is 18.3 Å². The summed E-state index contributed by atoms with van der Waals surface area (Å²) in [7, 11) is 0. The minimum atomic E-state index is -1.15. The Hall–Kier alpha value is -2.99. The van der Waals surface area contributed by atoms with E-state index in [9.17, 15) is 24.3 Å². The molecule has 1 aromatic rings. The first-order valence-electron chi connectivity index (χ1n) is 11.2. The molecule has 0 aromatic carbocycles. The van der Waals surface area contributed by atoms with E-state index in [0.717, 1.165) is 0 Å². The summed E-state index contributed by atoms with van der Waals surface area (Å²) in [6.07, 6.45) is 5.07. The molecular weight excluding hydrogens is 430 g/mol. The number of rotatable bonds is 15. The summed E-state index contributed by atoms with van der Waals surface area (Å²) >= 11 is 0. The monoisotopic (exact) mass is 467 g/mol. The zero-order valence-corrected chi connectivity index (χ0v) is 19.5. The second-order valence-electron chi connectivity index (χ2n) is 8.19. The molecule has 0 saturated carbocycles. The van der Waals surface area contributed by atoms with E-state index in [-0.39, 0.29) is 18.8 Å². The first-order valence-corrected chi connectivity index (χ1v) is 11.2. The first kappa shape index (κ1) is 28.0. The number of hydrogen-bond donors (Lipinski definition) is 7. The molecule has 1 rings (SSSR count). The van der Waals surface area contributed by atoms with Crippen LogP contribution in [0, 0.1) is 5.92 Å². The highest BCUT2D eigenvalue weighted by Gasteiger charge is 2.31. The molecule has 1 aromatic heterocycles. The Balaban J connectivity index is 3.02. The number of hydrogen-bond acceptors (Lipinski definition) is 7. The van der Waals surface area contributed by atoms with Crippen molar-refractivity contribution in [3.05, 3.63) is 18.2 Å². The van der Waals surface area contributed by atoms with Crippen molar-refractivity contribution in [1.82, 2.24) is 25.9 Å². The minimum Gasteiger partial charge on any atom is -0.480 e. The molecule has 0 bridgehead atoms. The number of carbonyl (C=O) groups is 4. The maximum Gasteiger partial charge on any atom is 0.326 e. The van der Waals surface area contributed by atoms with Gasteiger partial charge in [0.25, 0.3) is 0 Å². The van der Waals surface area contributed by atoms with Gasteiger partial charge in [-0.15, -0.1) is 0 Å². The molecular formula is C21H37N7O5. The van der Waals surface area contributed by atoms with Gasteiger partial charge in [0.2, 0.25) is 17.7 Å². The van der Waals surface area contributed by atoms with Crippen LogP contribution in [0.25, 0.3) is 0 Å². The molecule has 5 atom stereocenters. The summed E-state index contributed by atoms with van der Waals surface area (Å²) in [4.78, 5) is 56.5. The van der Waals surface area contributed by atoms with Gasteiger partial charge in [0.15, 0.2) is 0 Å². The molecule has 0 aliphatic carbocycles. The predicted octanol–water partition coefficient (Wildman–Crippen LogP) is -0.986. The van der Waals surface area contributed by atoms with Crippen molar-refractivity contribution in [3.63, 3.8) is 0 Å².